The lowest BCUT2D eigenvalue weighted by atomic mass is 9.97. The lowest BCUT2D eigenvalue weighted by Crippen LogP contribution is -2.31. The Hall–Kier alpha value is -3.20. The average Bonchev–Trinajstić information content (AvgIpc) is 3.13. The summed E-state index contributed by atoms with van der Waals surface area (Å²) in [5, 5.41) is 1.39. The number of fused-ring (bicyclic) bond motifs is 4. The van der Waals surface area contributed by atoms with Crippen molar-refractivity contribution in [1.82, 2.24) is 4.98 Å². The first kappa shape index (κ1) is 9.83. The molecule has 0 unspecified atom stereocenters. The highest BCUT2D eigenvalue weighted by molar-refractivity contribution is 6.13. The Morgan fingerprint density at radius 1 is 0.964 bits per heavy atom. The van der Waals surface area contributed by atoms with E-state index < -0.39 is 20.6 Å². The van der Waals surface area contributed by atoms with Crippen LogP contribution in [0.1, 0.15) is 34.6 Å². The fourth-order valence-electron chi connectivity index (χ4n) is 3.81. The van der Waals surface area contributed by atoms with Crippen molar-refractivity contribution in [2.75, 3.05) is 0 Å². The fraction of sp³-hybridized carbons (Fsp3) is 0.200. The van der Waals surface area contributed by atoms with Gasteiger partial charge in [0.05, 0.1) is 16.5 Å². The van der Waals surface area contributed by atoms with Gasteiger partial charge in [0, 0.05) is 34.7 Å². The first-order chi connectivity index (χ1) is 17.1. The molecule has 0 fully saturated rings. The van der Waals surface area contributed by atoms with Crippen LogP contribution in [0, 0.1) is 27.5 Å². The zero-order valence-corrected chi connectivity index (χ0v) is 15.4. The topological polar surface area (TPSA) is 29.9 Å². The van der Waals surface area contributed by atoms with Gasteiger partial charge >= 0.3 is 0 Å². The predicted molar refractivity (Wildman–Crippen MR) is 115 cm³/mol. The molecule has 3 nitrogen and oxygen atoms in total. The van der Waals surface area contributed by atoms with E-state index in [2.05, 4.69) is 4.98 Å². The van der Waals surface area contributed by atoms with Gasteiger partial charge in [-0.15, -0.1) is 0 Å². The number of aromatic nitrogens is 2. The third-order valence-corrected chi connectivity index (χ3v) is 5.22. The van der Waals surface area contributed by atoms with Crippen LogP contribution in [0.25, 0.3) is 44.2 Å². The molecule has 0 aliphatic carbocycles. The molecule has 0 bridgehead atoms. The summed E-state index contributed by atoms with van der Waals surface area (Å²) in [5.41, 5.74) is 2.26. The summed E-state index contributed by atoms with van der Waals surface area (Å²) in [6.07, 6.45) is 1.31. The maximum Gasteiger partial charge on any atom is 0.228 e. The molecule has 5 aromatic rings. The highest BCUT2D eigenvalue weighted by Gasteiger charge is 2.23. The Balaban J connectivity index is 1.94. The van der Waals surface area contributed by atoms with Gasteiger partial charge in [-0.2, -0.15) is 0 Å². The van der Waals surface area contributed by atoms with Gasteiger partial charge in [-0.3, -0.25) is 0 Å². The fourth-order valence-corrected chi connectivity index (χ4v) is 3.81. The highest BCUT2D eigenvalue weighted by atomic mass is 16.3. The summed E-state index contributed by atoms with van der Waals surface area (Å²) in [5.74, 6) is 0. The molecule has 0 spiro atoms. The van der Waals surface area contributed by atoms with E-state index in [1.165, 1.54) is 12.3 Å². The number of benzene rings is 2. The Morgan fingerprint density at radius 2 is 1.82 bits per heavy atom. The number of pyridine rings is 2. The van der Waals surface area contributed by atoms with Crippen molar-refractivity contribution in [3.8, 4) is 11.3 Å². The Bertz CT molecular complexity index is 1710. The van der Waals surface area contributed by atoms with Crippen LogP contribution in [0.15, 0.2) is 53.1 Å². The second kappa shape index (κ2) is 5.90. The van der Waals surface area contributed by atoms with E-state index in [9.17, 15) is 0 Å². The zero-order chi connectivity index (χ0) is 27.1. The van der Waals surface area contributed by atoms with Gasteiger partial charge in [-0.25, -0.2) is 9.55 Å². The molecule has 0 aliphatic heterocycles. The van der Waals surface area contributed by atoms with E-state index in [4.69, 9.17) is 16.8 Å². The number of nitrogens with zero attached hydrogens (tertiary/aromatic N) is 2. The molecule has 0 saturated heterocycles. The van der Waals surface area contributed by atoms with Gasteiger partial charge in [0.25, 0.3) is 0 Å². The van der Waals surface area contributed by atoms with Crippen molar-refractivity contribution in [3.63, 3.8) is 0 Å². The molecule has 0 radical (unpaired) electrons. The van der Waals surface area contributed by atoms with Crippen molar-refractivity contribution in [2.24, 2.45) is 7.05 Å². The number of aryl methyl sites for hydroxylation is 5. The van der Waals surface area contributed by atoms with Crippen LogP contribution in [0.3, 0.4) is 0 Å². The molecule has 0 atom stereocenters. The van der Waals surface area contributed by atoms with Crippen LogP contribution in [-0.2, 0) is 7.05 Å². The van der Waals surface area contributed by atoms with Gasteiger partial charge in [-0.1, -0.05) is 30.3 Å². The summed E-state index contributed by atoms with van der Waals surface area (Å²) >= 11 is 0. The van der Waals surface area contributed by atoms with Crippen LogP contribution in [0.5, 0.6) is 0 Å². The molecule has 0 N–H and O–H groups in total. The first-order valence-electron chi connectivity index (χ1n) is 13.4. The Morgan fingerprint density at radius 3 is 2.64 bits per heavy atom. The standard InChI is InChI=1S/C25H23N2O/c1-14-10-11-19-23-17(4)18-8-6-7-9-20(18)26-25(23)28-24(19)22(14)21-12-15(2)16(3)13-27(21)5/h6-13H,1-5H3/q+1/i2D3,3D3,4D3. The van der Waals surface area contributed by atoms with Gasteiger partial charge < -0.3 is 4.42 Å². The monoisotopic (exact) mass is 376 g/mol. The molecule has 0 aliphatic rings. The summed E-state index contributed by atoms with van der Waals surface area (Å²) in [6.45, 7) is -5.93. The van der Waals surface area contributed by atoms with Crippen LogP contribution >= 0.6 is 0 Å². The summed E-state index contributed by atoms with van der Waals surface area (Å²) in [7, 11) is 1.63. The average molecular weight is 377 g/mol. The highest BCUT2D eigenvalue weighted by Crippen LogP contribution is 2.39. The normalized spacial score (nSPS) is 17.9. The quantitative estimate of drug-likeness (QED) is 0.343. The maximum absolute atomic E-state index is 8.27. The van der Waals surface area contributed by atoms with Crippen molar-refractivity contribution in [2.45, 2.75) is 27.5 Å². The second-order valence-electron chi connectivity index (χ2n) is 7.02. The van der Waals surface area contributed by atoms with Crippen molar-refractivity contribution in [3.05, 3.63) is 70.9 Å². The summed E-state index contributed by atoms with van der Waals surface area (Å²) in [4.78, 5) is 4.59. The lowest BCUT2D eigenvalue weighted by molar-refractivity contribution is -0.660. The number of hydrogen-bond donors (Lipinski definition) is 0. The largest absolute Gasteiger partial charge is 0.437 e. The Labute approximate surface area is 176 Å². The molecule has 0 amide bonds. The third-order valence-electron chi connectivity index (χ3n) is 5.22. The van der Waals surface area contributed by atoms with Gasteiger partial charge in [0.15, 0.2) is 11.8 Å². The molecule has 2 aromatic carbocycles. The molecule has 138 valence electrons. The number of rotatable bonds is 1. The van der Waals surface area contributed by atoms with E-state index in [-0.39, 0.29) is 22.4 Å². The minimum Gasteiger partial charge on any atom is -0.437 e. The van der Waals surface area contributed by atoms with Crippen LogP contribution < -0.4 is 4.57 Å². The van der Waals surface area contributed by atoms with Gasteiger partial charge in [0.2, 0.25) is 11.4 Å². The summed E-state index contributed by atoms with van der Waals surface area (Å²) < 4.78 is 80.1. The number of furan rings is 1. The van der Waals surface area contributed by atoms with Crippen molar-refractivity contribution in [1.29, 1.82) is 0 Å². The van der Waals surface area contributed by atoms with Gasteiger partial charge in [0.1, 0.15) is 7.05 Å². The molecule has 3 heteroatoms. The maximum atomic E-state index is 8.27. The first-order valence-corrected chi connectivity index (χ1v) is 8.89. The second-order valence-corrected chi connectivity index (χ2v) is 7.02. The SMILES string of the molecule is [2H]C([2H])([2H])c1cc(-c2c(C)ccc3c2oc2nc4ccccc4c(C([2H])([2H])[2H])c23)[n+](C)cc1C([2H])([2H])[2H]. The molecule has 3 aromatic heterocycles. The van der Waals surface area contributed by atoms with Crippen LogP contribution in [-0.4, -0.2) is 4.98 Å². The molecule has 0 saturated carbocycles. The molecule has 3 heterocycles. The van der Waals surface area contributed by atoms with E-state index >= 15 is 0 Å². The minimum atomic E-state index is -2.67. The Kier molecular flexibility index (Phi) is 2.07. The number of para-hydroxylation sites is 1. The minimum absolute atomic E-state index is 0.131. The van der Waals surface area contributed by atoms with E-state index in [0.717, 1.165) is 5.56 Å². The van der Waals surface area contributed by atoms with E-state index in [1.54, 1.807) is 48.0 Å². The van der Waals surface area contributed by atoms with E-state index in [0.29, 0.717) is 38.5 Å². The van der Waals surface area contributed by atoms with Crippen molar-refractivity contribution >= 4 is 33.0 Å². The molecular formula is C25H23N2O+. The summed E-state index contributed by atoms with van der Waals surface area (Å²) in [6, 6.07) is 11.9. The lowest BCUT2D eigenvalue weighted by Gasteiger charge is -2.08. The van der Waals surface area contributed by atoms with Gasteiger partial charge in [-0.05, 0) is 50.2 Å². The zero-order valence-electron chi connectivity index (χ0n) is 24.4. The predicted octanol–water partition coefficient (Wildman–Crippen LogP) is 5.86. The number of hydrogen-bond acceptors (Lipinski definition) is 2. The van der Waals surface area contributed by atoms with E-state index in [1.807, 2.05) is 6.92 Å². The van der Waals surface area contributed by atoms with Crippen LogP contribution in [0.2, 0.25) is 0 Å². The molecular weight excluding hydrogens is 344 g/mol. The molecule has 5 rings (SSSR count). The van der Waals surface area contributed by atoms with Crippen LogP contribution in [0.4, 0.5) is 0 Å². The van der Waals surface area contributed by atoms with Crippen molar-refractivity contribution < 1.29 is 21.3 Å². The molecule has 28 heavy (non-hydrogen) atoms. The third kappa shape index (κ3) is 2.29. The smallest absolute Gasteiger partial charge is 0.228 e.